The van der Waals surface area contributed by atoms with E-state index >= 15 is 0 Å². The molecule has 1 saturated carbocycles. The average molecular weight is 356 g/mol. The topological polar surface area (TPSA) is 58.6 Å². The first kappa shape index (κ1) is 18.6. The summed E-state index contributed by atoms with van der Waals surface area (Å²) in [6.45, 7) is 10.8. The maximum atomic E-state index is 12.6. The summed E-state index contributed by atoms with van der Waals surface area (Å²) in [5.74, 6) is 0.338. The van der Waals surface area contributed by atoms with Crippen molar-refractivity contribution in [3.63, 3.8) is 0 Å². The van der Waals surface area contributed by atoms with Crippen LogP contribution in [0.2, 0.25) is 0 Å². The quantitative estimate of drug-likeness (QED) is 0.842. The Balaban J connectivity index is 1.62. The molecule has 1 saturated heterocycles. The first-order valence-corrected chi connectivity index (χ1v) is 9.23. The number of nitrogens with zero attached hydrogens (tertiary/aromatic N) is 1. The van der Waals surface area contributed by atoms with E-state index in [0.717, 1.165) is 5.69 Å². The van der Waals surface area contributed by atoms with Crippen LogP contribution >= 0.6 is 0 Å². The molecule has 1 aliphatic heterocycles. The number of benzene rings is 1. The van der Waals surface area contributed by atoms with E-state index < -0.39 is 0 Å². The summed E-state index contributed by atoms with van der Waals surface area (Å²) in [5, 5.41) is 3.00. The third kappa shape index (κ3) is 3.83. The normalized spacial score (nSPS) is 23.9. The van der Waals surface area contributed by atoms with E-state index in [1.165, 1.54) is 5.57 Å². The molecule has 2 fully saturated rings. The van der Waals surface area contributed by atoms with Crippen LogP contribution in [0.3, 0.4) is 0 Å². The zero-order chi connectivity index (χ0) is 18.9. The zero-order valence-corrected chi connectivity index (χ0v) is 16.0. The van der Waals surface area contributed by atoms with Crippen molar-refractivity contribution in [1.29, 1.82) is 0 Å². The van der Waals surface area contributed by atoms with Gasteiger partial charge in [0, 0.05) is 24.3 Å². The molecular formula is C21H28N2O3. The summed E-state index contributed by atoms with van der Waals surface area (Å²) in [4.78, 5) is 26.9. The second-order valence-electron chi connectivity index (χ2n) is 8.04. The van der Waals surface area contributed by atoms with Crippen LogP contribution in [0, 0.1) is 17.3 Å². The van der Waals surface area contributed by atoms with Crippen LogP contribution in [0.5, 0.6) is 0 Å². The van der Waals surface area contributed by atoms with E-state index in [2.05, 4.69) is 39.1 Å². The molecule has 0 spiro atoms. The standard InChI is InChI=1S/C21H28N2O3/c1-14(2)13-17-18(21(17,3)4)19(24)22-16-7-5-15(6-8-16)20(25)23-9-11-26-12-10-23/h5-8,13,17-18H,9-12H2,1-4H3,(H,22,24). The van der Waals surface area contributed by atoms with Crippen LogP contribution in [-0.4, -0.2) is 43.0 Å². The third-order valence-electron chi connectivity index (χ3n) is 5.40. The summed E-state index contributed by atoms with van der Waals surface area (Å²) in [5.41, 5.74) is 2.60. The van der Waals surface area contributed by atoms with Crippen LogP contribution in [-0.2, 0) is 9.53 Å². The van der Waals surface area contributed by atoms with Gasteiger partial charge in [0.05, 0.1) is 19.1 Å². The van der Waals surface area contributed by atoms with Crippen molar-refractivity contribution >= 4 is 17.5 Å². The second-order valence-corrected chi connectivity index (χ2v) is 8.04. The number of amides is 2. The lowest BCUT2D eigenvalue weighted by atomic mass is 10.1. The number of ether oxygens (including phenoxy) is 1. The molecule has 1 aromatic rings. The summed E-state index contributed by atoms with van der Waals surface area (Å²) >= 11 is 0. The van der Waals surface area contributed by atoms with Gasteiger partial charge < -0.3 is 15.0 Å². The molecule has 140 valence electrons. The smallest absolute Gasteiger partial charge is 0.254 e. The zero-order valence-electron chi connectivity index (χ0n) is 16.0. The van der Waals surface area contributed by atoms with Crippen molar-refractivity contribution in [3.05, 3.63) is 41.5 Å². The van der Waals surface area contributed by atoms with Crippen LogP contribution < -0.4 is 5.32 Å². The Morgan fingerprint density at radius 2 is 1.77 bits per heavy atom. The molecule has 2 unspecified atom stereocenters. The molecular weight excluding hydrogens is 328 g/mol. The third-order valence-corrected chi connectivity index (χ3v) is 5.40. The lowest BCUT2D eigenvalue weighted by molar-refractivity contribution is -0.118. The van der Waals surface area contributed by atoms with Gasteiger partial charge in [0.25, 0.3) is 5.91 Å². The second kappa shape index (κ2) is 7.23. The number of anilines is 1. The number of carbonyl (C=O) groups is 2. The summed E-state index contributed by atoms with van der Waals surface area (Å²) in [7, 11) is 0. The summed E-state index contributed by atoms with van der Waals surface area (Å²) in [6, 6.07) is 7.16. The van der Waals surface area contributed by atoms with Crippen molar-refractivity contribution in [3.8, 4) is 0 Å². The van der Waals surface area contributed by atoms with Gasteiger partial charge in [-0.1, -0.05) is 25.5 Å². The monoisotopic (exact) mass is 356 g/mol. The Morgan fingerprint density at radius 1 is 1.15 bits per heavy atom. The van der Waals surface area contributed by atoms with Gasteiger partial charge in [-0.3, -0.25) is 9.59 Å². The lowest BCUT2D eigenvalue weighted by Gasteiger charge is -2.26. The fourth-order valence-electron chi connectivity index (χ4n) is 3.71. The van der Waals surface area contributed by atoms with Gasteiger partial charge in [-0.15, -0.1) is 0 Å². The van der Waals surface area contributed by atoms with Crippen molar-refractivity contribution in [1.82, 2.24) is 4.90 Å². The number of hydrogen-bond donors (Lipinski definition) is 1. The highest BCUT2D eigenvalue weighted by Gasteiger charge is 2.60. The first-order valence-electron chi connectivity index (χ1n) is 9.23. The molecule has 1 heterocycles. The van der Waals surface area contributed by atoms with E-state index in [0.29, 0.717) is 31.9 Å². The number of rotatable bonds is 4. The molecule has 0 radical (unpaired) electrons. The predicted octanol–water partition coefficient (Wildman–Crippen LogP) is 3.34. The van der Waals surface area contributed by atoms with Crippen LogP contribution in [0.15, 0.2) is 35.9 Å². The highest BCUT2D eigenvalue weighted by atomic mass is 16.5. The molecule has 5 heteroatoms. The Hall–Kier alpha value is -2.14. The van der Waals surface area contributed by atoms with Crippen LogP contribution in [0.1, 0.15) is 38.1 Å². The fourth-order valence-corrected chi connectivity index (χ4v) is 3.71. The average Bonchev–Trinajstić information content (AvgIpc) is 3.15. The Morgan fingerprint density at radius 3 is 2.35 bits per heavy atom. The predicted molar refractivity (Wildman–Crippen MR) is 102 cm³/mol. The van der Waals surface area contributed by atoms with Crippen LogP contribution in [0.25, 0.3) is 0 Å². The highest BCUT2D eigenvalue weighted by molar-refractivity contribution is 5.97. The molecule has 3 rings (SSSR count). The number of morpholine rings is 1. The van der Waals surface area contributed by atoms with Gasteiger partial charge in [0.15, 0.2) is 0 Å². The van der Waals surface area contributed by atoms with Gasteiger partial charge in [-0.05, 0) is 49.4 Å². The van der Waals surface area contributed by atoms with E-state index in [1.807, 2.05) is 0 Å². The van der Waals surface area contributed by atoms with Gasteiger partial charge >= 0.3 is 0 Å². The largest absolute Gasteiger partial charge is 0.378 e. The SMILES string of the molecule is CC(C)=CC1C(C(=O)Nc2ccc(C(=O)N3CCOCC3)cc2)C1(C)C. The molecule has 1 aromatic carbocycles. The Bertz CT molecular complexity index is 711. The van der Waals surface area contributed by atoms with Gasteiger partial charge in [0.2, 0.25) is 5.91 Å². The Labute approximate surface area is 155 Å². The Kier molecular flexibility index (Phi) is 5.19. The molecule has 1 aliphatic carbocycles. The van der Waals surface area contributed by atoms with E-state index in [1.54, 1.807) is 29.2 Å². The summed E-state index contributed by atoms with van der Waals surface area (Å²) in [6.07, 6.45) is 2.19. The van der Waals surface area contributed by atoms with Crippen molar-refractivity contribution < 1.29 is 14.3 Å². The number of hydrogen-bond acceptors (Lipinski definition) is 3. The van der Waals surface area contributed by atoms with Crippen molar-refractivity contribution in [2.45, 2.75) is 27.7 Å². The number of nitrogens with one attached hydrogen (secondary N) is 1. The lowest BCUT2D eigenvalue weighted by Crippen LogP contribution is -2.40. The molecule has 2 aliphatic rings. The molecule has 1 N–H and O–H groups in total. The molecule has 2 amide bonds. The van der Waals surface area contributed by atoms with Crippen LogP contribution in [0.4, 0.5) is 5.69 Å². The molecule has 5 nitrogen and oxygen atoms in total. The number of carbonyl (C=O) groups excluding carboxylic acids is 2. The maximum absolute atomic E-state index is 12.6. The van der Waals surface area contributed by atoms with E-state index in [-0.39, 0.29) is 29.1 Å². The van der Waals surface area contributed by atoms with Crippen molar-refractivity contribution in [2.24, 2.45) is 17.3 Å². The molecule has 26 heavy (non-hydrogen) atoms. The fraction of sp³-hybridized carbons (Fsp3) is 0.524. The van der Waals surface area contributed by atoms with E-state index in [9.17, 15) is 9.59 Å². The van der Waals surface area contributed by atoms with Gasteiger partial charge in [0.1, 0.15) is 0 Å². The van der Waals surface area contributed by atoms with Gasteiger partial charge in [-0.25, -0.2) is 0 Å². The first-order chi connectivity index (χ1) is 12.3. The van der Waals surface area contributed by atoms with Gasteiger partial charge in [-0.2, -0.15) is 0 Å². The number of allylic oxidation sites excluding steroid dienone is 2. The minimum atomic E-state index is -0.00735. The molecule has 2 atom stereocenters. The highest BCUT2D eigenvalue weighted by Crippen LogP contribution is 2.59. The summed E-state index contributed by atoms with van der Waals surface area (Å²) < 4.78 is 5.28. The minimum absolute atomic E-state index is 0.00636. The molecule has 0 aromatic heterocycles. The van der Waals surface area contributed by atoms with E-state index in [4.69, 9.17) is 4.74 Å². The maximum Gasteiger partial charge on any atom is 0.254 e. The minimum Gasteiger partial charge on any atom is -0.378 e. The van der Waals surface area contributed by atoms with Crippen molar-refractivity contribution in [2.75, 3.05) is 31.6 Å². The molecule has 0 bridgehead atoms.